The number of nitrogens with one attached hydrogen (secondary N) is 1. The van der Waals surface area contributed by atoms with E-state index in [-0.39, 0.29) is 0 Å². The quantitative estimate of drug-likeness (QED) is 0.749. The van der Waals surface area contributed by atoms with Gasteiger partial charge in [0, 0.05) is 0 Å². The molecule has 1 nitrogen and oxygen atoms in total. The van der Waals surface area contributed by atoms with Crippen LogP contribution < -0.4 is 5.32 Å². The molecule has 1 aliphatic heterocycles. The van der Waals surface area contributed by atoms with Crippen LogP contribution in [0, 0.1) is 24.2 Å². The first kappa shape index (κ1) is 11.4. The predicted molar refractivity (Wildman–Crippen MR) is 65.6 cm³/mol. The van der Waals surface area contributed by atoms with Crippen LogP contribution in [0.5, 0.6) is 0 Å². The number of hydrogen-bond acceptors (Lipinski definition) is 1. The van der Waals surface area contributed by atoms with Gasteiger partial charge in [0.2, 0.25) is 0 Å². The van der Waals surface area contributed by atoms with Gasteiger partial charge < -0.3 is 5.32 Å². The lowest BCUT2D eigenvalue weighted by Gasteiger charge is -2.31. The van der Waals surface area contributed by atoms with Crippen LogP contribution in [0.2, 0.25) is 0 Å². The highest BCUT2D eigenvalue weighted by Gasteiger charge is 2.23. The minimum Gasteiger partial charge on any atom is -0.317 e. The molecule has 0 bridgehead atoms. The molecule has 15 heavy (non-hydrogen) atoms. The molecule has 2 fully saturated rings. The van der Waals surface area contributed by atoms with Crippen molar-refractivity contribution in [2.75, 3.05) is 13.1 Å². The smallest absolute Gasteiger partial charge is 0.00462 e. The predicted octanol–water partition coefficient (Wildman–Crippen LogP) is 3.41. The Kier molecular flexibility index (Phi) is 4.49. The topological polar surface area (TPSA) is 12.0 Å². The van der Waals surface area contributed by atoms with Crippen LogP contribution in [0.15, 0.2) is 0 Å². The van der Waals surface area contributed by atoms with Crippen molar-refractivity contribution in [1.29, 1.82) is 0 Å². The van der Waals surface area contributed by atoms with Crippen molar-refractivity contribution in [1.82, 2.24) is 5.32 Å². The summed E-state index contributed by atoms with van der Waals surface area (Å²) in [5.74, 6) is 2.78. The van der Waals surface area contributed by atoms with Gasteiger partial charge >= 0.3 is 0 Å². The Balaban J connectivity index is 1.72. The normalized spacial score (nSPS) is 27.8. The Labute approximate surface area is 95.0 Å². The van der Waals surface area contributed by atoms with Crippen molar-refractivity contribution >= 4 is 0 Å². The molecule has 1 saturated carbocycles. The molecule has 0 aromatic carbocycles. The van der Waals surface area contributed by atoms with Gasteiger partial charge in [-0.3, -0.25) is 0 Å². The molecule has 1 aliphatic carbocycles. The second-order valence-corrected chi connectivity index (χ2v) is 5.54. The summed E-state index contributed by atoms with van der Waals surface area (Å²) in [5, 5.41) is 3.45. The van der Waals surface area contributed by atoms with E-state index in [2.05, 4.69) is 18.7 Å². The second-order valence-electron chi connectivity index (χ2n) is 5.54. The van der Waals surface area contributed by atoms with E-state index in [1.54, 1.807) is 0 Å². The van der Waals surface area contributed by atoms with Gasteiger partial charge in [-0.1, -0.05) is 39.0 Å². The van der Waals surface area contributed by atoms with Crippen LogP contribution in [-0.4, -0.2) is 13.1 Å². The number of piperidine rings is 1. The summed E-state index contributed by atoms with van der Waals surface area (Å²) in [6.07, 6.45) is 12.8. The maximum Gasteiger partial charge on any atom is -0.00462 e. The van der Waals surface area contributed by atoms with Gasteiger partial charge in [0.25, 0.3) is 0 Å². The van der Waals surface area contributed by atoms with Gasteiger partial charge in [-0.25, -0.2) is 0 Å². The van der Waals surface area contributed by atoms with Crippen LogP contribution in [0.4, 0.5) is 0 Å². The zero-order valence-corrected chi connectivity index (χ0v) is 10.2. The highest BCUT2D eigenvalue weighted by atomic mass is 14.9. The minimum absolute atomic E-state index is 0.869. The van der Waals surface area contributed by atoms with Gasteiger partial charge in [-0.05, 0) is 50.1 Å². The van der Waals surface area contributed by atoms with Gasteiger partial charge in [-0.15, -0.1) is 0 Å². The van der Waals surface area contributed by atoms with E-state index in [0.717, 1.165) is 17.8 Å². The molecule has 1 saturated heterocycles. The standard InChI is InChI=1S/C14H26N/c1-12(14-5-3-2-4-6-14)11-13-7-9-15-10-8-13/h11-15H,2-10H2,1H3. The Bertz CT molecular complexity index is 166. The lowest BCUT2D eigenvalue weighted by atomic mass is 9.76. The molecule has 0 aromatic rings. The highest BCUT2D eigenvalue weighted by Crippen LogP contribution is 2.34. The molecule has 1 unspecified atom stereocenters. The van der Waals surface area contributed by atoms with Crippen LogP contribution in [0.1, 0.15) is 51.9 Å². The maximum atomic E-state index is 3.45. The van der Waals surface area contributed by atoms with Crippen molar-refractivity contribution < 1.29 is 0 Å². The average molecular weight is 208 g/mol. The summed E-state index contributed by atoms with van der Waals surface area (Å²) in [6, 6.07) is 0. The number of hydrogen-bond donors (Lipinski definition) is 1. The zero-order valence-electron chi connectivity index (χ0n) is 10.2. The molecule has 2 aliphatic rings. The lowest BCUT2D eigenvalue weighted by Crippen LogP contribution is -2.30. The van der Waals surface area contributed by atoms with Gasteiger partial charge in [0.1, 0.15) is 0 Å². The van der Waals surface area contributed by atoms with Gasteiger partial charge in [0.05, 0.1) is 0 Å². The summed E-state index contributed by atoms with van der Waals surface area (Å²) < 4.78 is 0. The van der Waals surface area contributed by atoms with Crippen LogP contribution >= 0.6 is 0 Å². The van der Waals surface area contributed by atoms with E-state index < -0.39 is 0 Å². The summed E-state index contributed by atoms with van der Waals surface area (Å²) in [6.45, 7) is 4.93. The first-order valence-electron chi connectivity index (χ1n) is 6.92. The molecule has 1 heterocycles. The molecule has 1 heteroatoms. The Morgan fingerprint density at radius 3 is 2.33 bits per heavy atom. The molecular formula is C14H26N. The summed E-state index contributed by atoms with van der Waals surface area (Å²) >= 11 is 0. The molecule has 1 radical (unpaired) electrons. The van der Waals surface area contributed by atoms with E-state index >= 15 is 0 Å². The van der Waals surface area contributed by atoms with Crippen LogP contribution in [0.3, 0.4) is 0 Å². The fraction of sp³-hybridized carbons (Fsp3) is 0.929. The maximum absolute atomic E-state index is 3.45. The van der Waals surface area contributed by atoms with Crippen LogP contribution in [-0.2, 0) is 0 Å². The largest absolute Gasteiger partial charge is 0.317 e. The Morgan fingerprint density at radius 1 is 1.00 bits per heavy atom. The van der Waals surface area contributed by atoms with E-state index in [9.17, 15) is 0 Å². The molecule has 0 aromatic heterocycles. The highest BCUT2D eigenvalue weighted by molar-refractivity contribution is 4.88. The van der Waals surface area contributed by atoms with E-state index in [4.69, 9.17) is 0 Å². The van der Waals surface area contributed by atoms with Crippen molar-refractivity contribution in [3.05, 3.63) is 6.42 Å². The van der Waals surface area contributed by atoms with Gasteiger partial charge in [-0.2, -0.15) is 0 Å². The van der Waals surface area contributed by atoms with Crippen molar-refractivity contribution in [2.45, 2.75) is 51.9 Å². The fourth-order valence-electron chi connectivity index (χ4n) is 3.28. The lowest BCUT2D eigenvalue weighted by molar-refractivity contribution is 0.261. The summed E-state index contributed by atoms with van der Waals surface area (Å²) in [5.41, 5.74) is 0. The van der Waals surface area contributed by atoms with Crippen molar-refractivity contribution in [3.8, 4) is 0 Å². The van der Waals surface area contributed by atoms with Crippen molar-refractivity contribution in [3.63, 3.8) is 0 Å². The molecule has 1 N–H and O–H groups in total. The van der Waals surface area contributed by atoms with Crippen LogP contribution in [0.25, 0.3) is 0 Å². The molecular weight excluding hydrogens is 182 g/mol. The van der Waals surface area contributed by atoms with E-state index in [0.29, 0.717) is 0 Å². The average Bonchev–Trinajstić information content (AvgIpc) is 2.31. The first-order chi connectivity index (χ1) is 7.36. The number of rotatable bonds is 3. The van der Waals surface area contributed by atoms with E-state index in [1.165, 1.54) is 58.0 Å². The third-order valence-electron chi connectivity index (χ3n) is 4.35. The summed E-state index contributed by atoms with van der Waals surface area (Å²) in [7, 11) is 0. The Morgan fingerprint density at radius 2 is 1.67 bits per heavy atom. The first-order valence-corrected chi connectivity index (χ1v) is 6.92. The third-order valence-corrected chi connectivity index (χ3v) is 4.35. The molecule has 0 amide bonds. The third kappa shape index (κ3) is 3.48. The molecule has 0 spiro atoms. The molecule has 87 valence electrons. The summed E-state index contributed by atoms with van der Waals surface area (Å²) in [4.78, 5) is 0. The van der Waals surface area contributed by atoms with Gasteiger partial charge in [0.15, 0.2) is 0 Å². The molecule has 2 rings (SSSR count). The minimum atomic E-state index is 0.869. The monoisotopic (exact) mass is 208 g/mol. The van der Waals surface area contributed by atoms with Crippen molar-refractivity contribution in [2.24, 2.45) is 17.8 Å². The molecule has 1 atom stereocenters. The SMILES string of the molecule is CC([CH]C1CCNCC1)C1CCCCC1. The fourth-order valence-corrected chi connectivity index (χ4v) is 3.28. The second kappa shape index (κ2) is 5.89. The zero-order chi connectivity index (χ0) is 10.5. The Hall–Kier alpha value is -0.0400. The van der Waals surface area contributed by atoms with E-state index in [1.807, 2.05) is 0 Å².